The van der Waals surface area contributed by atoms with Gasteiger partial charge in [0.25, 0.3) is 0 Å². The van der Waals surface area contributed by atoms with E-state index >= 15 is 0 Å². The molecule has 0 fully saturated rings. The van der Waals surface area contributed by atoms with Gasteiger partial charge in [0.15, 0.2) is 0 Å². The second-order valence-corrected chi connectivity index (χ2v) is 11.4. The first-order valence-electron chi connectivity index (χ1n) is 12.1. The van der Waals surface area contributed by atoms with E-state index in [0.29, 0.717) is 12.3 Å². The van der Waals surface area contributed by atoms with Crippen LogP contribution in [0.3, 0.4) is 0 Å². The highest BCUT2D eigenvalue weighted by Gasteiger charge is 2.14. The number of hydrogen-bond donors (Lipinski definition) is 2. The fourth-order valence-electron chi connectivity index (χ4n) is 4.31. The van der Waals surface area contributed by atoms with Gasteiger partial charge in [-0.3, -0.25) is 4.57 Å². The van der Waals surface area contributed by atoms with Crippen molar-refractivity contribution < 1.29 is 14.4 Å². The lowest BCUT2D eigenvalue weighted by atomic mass is 9.86. The van der Waals surface area contributed by atoms with Crippen LogP contribution in [-0.2, 0) is 11.0 Å². The molecule has 2 N–H and O–H groups in total. The SMILES string of the molecule is Cc1ccc(CC(CCCCCCCCCCCP(=O)(O)O)c2cccc(Cl)c2)cc1C. The standard InChI is InChI=1S/C27H40ClO3P/c1-22-16-17-24(19-23(22)2)20-25(26-14-12-15-27(28)21-26)13-10-8-6-4-3-5-7-9-11-18-32(29,30)31/h12,14-17,19,21,25H,3-11,13,18,20H2,1-2H3,(H2,29,30,31). The molecule has 0 amide bonds. The predicted molar refractivity (Wildman–Crippen MR) is 137 cm³/mol. The van der Waals surface area contributed by atoms with Crippen LogP contribution < -0.4 is 0 Å². The van der Waals surface area contributed by atoms with Gasteiger partial charge in [-0.25, -0.2) is 0 Å². The van der Waals surface area contributed by atoms with Crippen LogP contribution in [0.15, 0.2) is 42.5 Å². The van der Waals surface area contributed by atoms with E-state index in [1.807, 2.05) is 6.07 Å². The highest BCUT2D eigenvalue weighted by atomic mass is 35.5. The number of halogens is 1. The zero-order chi connectivity index (χ0) is 23.4. The summed E-state index contributed by atoms with van der Waals surface area (Å²) in [6.45, 7) is 4.35. The molecule has 0 aliphatic rings. The molecule has 2 rings (SSSR count). The maximum absolute atomic E-state index is 10.8. The van der Waals surface area contributed by atoms with Crippen molar-refractivity contribution in [1.82, 2.24) is 0 Å². The Bertz CT molecular complexity index is 862. The average molecular weight is 479 g/mol. The van der Waals surface area contributed by atoms with E-state index in [2.05, 4.69) is 50.2 Å². The van der Waals surface area contributed by atoms with E-state index in [1.54, 1.807) is 0 Å². The molecular weight excluding hydrogens is 439 g/mol. The van der Waals surface area contributed by atoms with Crippen LogP contribution in [0.2, 0.25) is 5.02 Å². The molecule has 0 aliphatic heterocycles. The molecule has 32 heavy (non-hydrogen) atoms. The summed E-state index contributed by atoms with van der Waals surface area (Å²) < 4.78 is 10.8. The predicted octanol–water partition coefficient (Wildman–Crippen LogP) is 8.36. The van der Waals surface area contributed by atoms with Gasteiger partial charge in [0, 0.05) is 11.2 Å². The molecule has 0 heterocycles. The van der Waals surface area contributed by atoms with Crippen molar-refractivity contribution in [1.29, 1.82) is 0 Å². The summed E-state index contributed by atoms with van der Waals surface area (Å²) >= 11 is 6.29. The molecule has 0 aromatic heterocycles. The summed E-state index contributed by atoms with van der Waals surface area (Å²) in [6, 6.07) is 15.2. The van der Waals surface area contributed by atoms with E-state index < -0.39 is 7.60 Å². The molecule has 2 aromatic carbocycles. The molecule has 0 saturated carbocycles. The minimum atomic E-state index is -3.81. The lowest BCUT2D eigenvalue weighted by Crippen LogP contribution is -2.04. The Hall–Kier alpha value is -1.12. The van der Waals surface area contributed by atoms with Gasteiger partial charge in [-0.05, 0) is 73.4 Å². The number of aryl methyl sites for hydroxylation is 2. The normalized spacial score (nSPS) is 12.8. The van der Waals surface area contributed by atoms with Crippen molar-refractivity contribution >= 4 is 19.2 Å². The van der Waals surface area contributed by atoms with E-state index in [-0.39, 0.29) is 6.16 Å². The van der Waals surface area contributed by atoms with E-state index in [9.17, 15) is 4.57 Å². The second-order valence-electron chi connectivity index (χ2n) is 9.23. The maximum atomic E-state index is 10.8. The third-order valence-corrected chi connectivity index (χ3v) is 7.51. The topological polar surface area (TPSA) is 57.5 Å². The Morgan fingerprint density at radius 1 is 0.812 bits per heavy atom. The highest BCUT2D eigenvalue weighted by Crippen LogP contribution is 2.35. The maximum Gasteiger partial charge on any atom is 0.325 e. The van der Waals surface area contributed by atoms with Gasteiger partial charge >= 0.3 is 7.60 Å². The molecule has 0 bridgehead atoms. The minimum absolute atomic E-state index is 0.0307. The van der Waals surface area contributed by atoms with Crippen LogP contribution in [0.1, 0.15) is 92.4 Å². The fraction of sp³-hybridized carbons (Fsp3) is 0.556. The van der Waals surface area contributed by atoms with Crippen LogP contribution in [-0.4, -0.2) is 15.9 Å². The first-order valence-corrected chi connectivity index (χ1v) is 14.3. The van der Waals surface area contributed by atoms with E-state index in [4.69, 9.17) is 21.4 Å². The van der Waals surface area contributed by atoms with Crippen LogP contribution >= 0.6 is 19.2 Å². The van der Waals surface area contributed by atoms with Crippen LogP contribution in [0, 0.1) is 13.8 Å². The van der Waals surface area contributed by atoms with Crippen LogP contribution in [0.25, 0.3) is 0 Å². The zero-order valence-electron chi connectivity index (χ0n) is 19.7. The zero-order valence-corrected chi connectivity index (χ0v) is 21.4. The monoisotopic (exact) mass is 478 g/mol. The molecular formula is C27H40ClO3P. The Balaban J connectivity index is 1.71. The van der Waals surface area contributed by atoms with E-state index in [0.717, 1.165) is 24.3 Å². The average Bonchev–Trinajstić information content (AvgIpc) is 2.73. The lowest BCUT2D eigenvalue weighted by molar-refractivity contribution is 0.370. The molecule has 5 heteroatoms. The summed E-state index contributed by atoms with van der Waals surface area (Å²) in [5.41, 5.74) is 5.44. The number of hydrogen-bond acceptors (Lipinski definition) is 1. The Kier molecular flexibility index (Phi) is 12.0. The summed E-state index contributed by atoms with van der Waals surface area (Å²) in [4.78, 5) is 17.8. The first kappa shape index (κ1) is 27.1. The van der Waals surface area contributed by atoms with Crippen molar-refractivity contribution in [2.24, 2.45) is 0 Å². The van der Waals surface area contributed by atoms with Crippen LogP contribution in [0.4, 0.5) is 0 Å². The quantitative estimate of drug-likeness (QED) is 0.199. The smallest absolute Gasteiger partial charge is 0.324 e. The van der Waals surface area contributed by atoms with Gasteiger partial charge in [-0.15, -0.1) is 0 Å². The van der Waals surface area contributed by atoms with Gasteiger partial charge in [0.1, 0.15) is 0 Å². The van der Waals surface area contributed by atoms with Gasteiger partial charge in [0.2, 0.25) is 0 Å². The third kappa shape index (κ3) is 11.1. The van der Waals surface area contributed by atoms with Crippen LogP contribution in [0.5, 0.6) is 0 Å². The summed E-state index contributed by atoms with van der Waals surface area (Å²) in [6.07, 6.45) is 12.3. The number of rotatable bonds is 15. The first-order chi connectivity index (χ1) is 15.2. The van der Waals surface area contributed by atoms with Crippen molar-refractivity contribution in [3.8, 4) is 0 Å². The van der Waals surface area contributed by atoms with Gasteiger partial charge < -0.3 is 9.79 Å². The molecule has 0 saturated heterocycles. The van der Waals surface area contributed by atoms with Crippen molar-refractivity contribution in [2.75, 3.05) is 6.16 Å². The van der Waals surface area contributed by atoms with E-state index in [1.165, 1.54) is 67.2 Å². The Morgan fingerprint density at radius 3 is 2.03 bits per heavy atom. The van der Waals surface area contributed by atoms with Crippen molar-refractivity contribution in [3.05, 3.63) is 69.7 Å². The summed E-state index contributed by atoms with van der Waals surface area (Å²) in [7, 11) is -3.81. The van der Waals surface area contributed by atoms with Crippen molar-refractivity contribution in [2.45, 2.75) is 90.4 Å². The highest BCUT2D eigenvalue weighted by molar-refractivity contribution is 7.51. The summed E-state index contributed by atoms with van der Waals surface area (Å²) in [5.74, 6) is 0.491. The fourth-order valence-corrected chi connectivity index (χ4v) is 5.14. The molecule has 2 aromatic rings. The van der Waals surface area contributed by atoms with Gasteiger partial charge in [0.05, 0.1) is 0 Å². The molecule has 3 nitrogen and oxygen atoms in total. The Morgan fingerprint density at radius 2 is 1.44 bits per heavy atom. The second kappa shape index (κ2) is 14.2. The molecule has 1 unspecified atom stereocenters. The minimum Gasteiger partial charge on any atom is -0.324 e. The number of benzene rings is 2. The largest absolute Gasteiger partial charge is 0.325 e. The summed E-state index contributed by atoms with van der Waals surface area (Å²) in [5, 5.41) is 0.813. The Labute approximate surface area is 199 Å². The van der Waals surface area contributed by atoms with Crippen molar-refractivity contribution in [3.63, 3.8) is 0 Å². The molecule has 0 spiro atoms. The molecule has 1 atom stereocenters. The molecule has 0 aliphatic carbocycles. The molecule has 0 radical (unpaired) electrons. The number of unbranched alkanes of at least 4 members (excludes halogenated alkanes) is 8. The van der Waals surface area contributed by atoms with Gasteiger partial charge in [-0.2, -0.15) is 0 Å². The lowest BCUT2D eigenvalue weighted by Gasteiger charge is -2.19. The molecule has 178 valence electrons. The van der Waals surface area contributed by atoms with Gasteiger partial charge in [-0.1, -0.05) is 93.3 Å². The third-order valence-electron chi connectivity index (χ3n) is 6.38.